The smallest absolute Gasteiger partial charge is 0.335 e. The van der Waals surface area contributed by atoms with Crippen molar-refractivity contribution in [3.05, 3.63) is 88.2 Å². The SMILES string of the molecule is COc1ccc(/C(O)=C2\C(=O)C(=O)N(c3nc4ccc(C(=O)O)cc4s3)C2c2cccnc2)cc1Cl. The summed E-state index contributed by atoms with van der Waals surface area (Å²) in [4.78, 5) is 47.7. The van der Waals surface area contributed by atoms with E-state index < -0.39 is 29.5 Å². The monoisotopic (exact) mass is 521 g/mol. The van der Waals surface area contributed by atoms with Crippen LogP contribution in [0.3, 0.4) is 0 Å². The van der Waals surface area contributed by atoms with Gasteiger partial charge >= 0.3 is 11.9 Å². The molecular weight excluding hydrogens is 506 g/mol. The summed E-state index contributed by atoms with van der Waals surface area (Å²) in [6.45, 7) is 0. The van der Waals surface area contributed by atoms with Crippen LogP contribution in [0.15, 0.2) is 66.5 Å². The van der Waals surface area contributed by atoms with Gasteiger partial charge in [-0.1, -0.05) is 29.0 Å². The van der Waals surface area contributed by atoms with Crippen molar-refractivity contribution < 1.29 is 29.3 Å². The summed E-state index contributed by atoms with van der Waals surface area (Å²) in [5.74, 6) is -2.92. The van der Waals surface area contributed by atoms with Gasteiger partial charge in [0.05, 0.1) is 39.5 Å². The van der Waals surface area contributed by atoms with Crippen LogP contribution in [0, 0.1) is 0 Å². The minimum atomic E-state index is -1.10. The number of nitrogens with zero attached hydrogens (tertiary/aromatic N) is 3. The van der Waals surface area contributed by atoms with E-state index in [1.807, 2.05) is 0 Å². The second-order valence-corrected chi connectivity index (χ2v) is 9.21. The maximum atomic E-state index is 13.3. The number of pyridine rings is 1. The Morgan fingerprint density at radius 3 is 2.56 bits per heavy atom. The molecule has 1 saturated heterocycles. The van der Waals surface area contributed by atoms with Crippen LogP contribution in [-0.4, -0.2) is 45.0 Å². The van der Waals surface area contributed by atoms with Crippen LogP contribution in [0.25, 0.3) is 16.0 Å². The molecule has 4 aromatic rings. The van der Waals surface area contributed by atoms with E-state index in [4.69, 9.17) is 16.3 Å². The number of Topliss-reactive ketones (excluding diaryl/α,β-unsaturated/α-hetero) is 1. The molecule has 5 rings (SSSR count). The van der Waals surface area contributed by atoms with Gasteiger partial charge < -0.3 is 14.9 Å². The number of fused-ring (bicyclic) bond motifs is 1. The van der Waals surface area contributed by atoms with Crippen molar-refractivity contribution >= 4 is 61.7 Å². The molecule has 11 heteroatoms. The highest BCUT2D eigenvalue weighted by molar-refractivity contribution is 7.22. The summed E-state index contributed by atoms with van der Waals surface area (Å²) in [5, 5.41) is 20.9. The molecule has 0 radical (unpaired) electrons. The quantitative estimate of drug-likeness (QED) is 0.220. The number of ketones is 1. The number of aromatic nitrogens is 2. The lowest BCUT2D eigenvalue weighted by molar-refractivity contribution is -0.132. The van der Waals surface area contributed by atoms with E-state index in [0.29, 0.717) is 21.5 Å². The lowest BCUT2D eigenvalue weighted by Crippen LogP contribution is -2.29. The van der Waals surface area contributed by atoms with E-state index in [9.17, 15) is 24.6 Å². The van der Waals surface area contributed by atoms with Gasteiger partial charge in [0.15, 0.2) is 5.13 Å². The van der Waals surface area contributed by atoms with Crippen LogP contribution < -0.4 is 9.64 Å². The number of benzene rings is 2. The fourth-order valence-corrected chi connectivity index (χ4v) is 5.29. The number of halogens is 1. The Balaban J connectivity index is 1.70. The van der Waals surface area contributed by atoms with E-state index in [0.717, 1.165) is 11.3 Å². The molecule has 3 heterocycles. The van der Waals surface area contributed by atoms with Gasteiger partial charge in [-0.3, -0.25) is 19.5 Å². The first-order chi connectivity index (χ1) is 17.3. The highest BCUT2D eigenvalue weighted by Gasteiger charge is 2.48. The summed E-state index contributed by atoms with van der Waals surface area (Å²) in [7, 11) is 1.45. The number of aromatic carboxylic acids is 1. The van der Waals surface area contributed by atoms with Crippen molar-refractivity contribution in [1.29, 1.82) is 0 Å². The predicted molar refractivity (Wildman–Crippen MR) is 134 cm³/mol. The molecule has 2 aromatic carbocycles. The predicted octanol–water partition coefficient (Wildman–Crippen LogP) is 4.68. The highest BCUT2D eigenvalue weighted by atomic mass is 35.5. The van der Waals surface area contributed by atoms with Crippen molar-refractivity contribution in [1.82, 2.24) is 9.97 Å². The summed E-state index contributed by atoms with van der Waals surface area (Å²) < 4.78 is 5.68. The number of methoxy groups -OCH3 is 1. The molecule has 180 valence electrons. The number of hydrogen-bond acceptors (Lipinski definition) is 8. The topological polar surface area (TPSA) is 130 Å². The maximum Gasteiger partial charge on any atom is 0.335 e. The molecule has 1 aliphatic heterocycles. The largest absolute Gasteiger partial charge is 0.507 e. The molecule has 0 saturated carbocycles. The van der Waals surface area contributed by atoms with Gasteiger partial charge in [0.1, 0.15) is 11.5 Å². The Morgan fingerprint density at radius 1 is 1.11 bits per heavy atom. The normalized spacial score (nSPS) is 17.1. The molecule has 1 atom stereocenters. The number of anilines is 1. The number of aliphatic hydroxyl groups excluding tert-OH is 1. The van der Waals surface area contributed by atoms with E-state index in [2.05, 4.69) is 9.97 Å². The summed E-state index contributed by atoms with van der Waals surface area (Å²) >= 11 is 7.29. The molecule has 1 fully saturated rings. The molecular formula is C25H16ClN3O6S. The standard InChI is InChI=1S/C25H16ClN3O6S/c1-35-17-7-5-12(9-15(17)26)21(30)19-20(14-3-2-8-27-11-14)29(23(32)22(19)31)25-28-16-6-4-13(24(33)34)10-18(16)36-25/h2-11,20,30H,1H3,(H,33,34)/b21-19+. The fourth-order valence-electron chi connectivity index (χ4n) is 4.00. The van der Waals surface area contributed by atoms with Crippen LogP contribution in [0.5, 0.6) is 5.75 Å². The van der Waals surface area contributed by atoms with Crippen LogP contribution in [-0.2, 0) is 9.59 Å². The van der Waals surface area contributed by atoms with Gasteiger partial charge in [-0.2, -0.15) is 0 Å². The first-order valence-electron chi connectivity index (χ1n) is 10.5. The second-order valence-electron chi connectivity index (χ2n) is 7.79. The number of carbonyl (C=O) groups excluding carboxylic acids is 2. The number of carboxylic acids is 1. The van der Waals surface area contributed by atoms with Crippen molar-refractivity contribution in [2.24, 2.45) is 0 Å². The number of carbonyl (C=O) groups is 3. The highest BCUT2D eigenvalue weighted by Crippen LogP contribution is 2.44. The average Bonchev–Trinajstić information content (AvgIpc) is 3.41. The van der Waals surface area contributed by atoms with Gasteiger partial charge in [-0.25, -0.2) is 9.78 Å². The first-order valence-corrected chi connectivity index (χ1v) is 11.7. The van der Waals surface area contributed by atoms with Gasteiger partial charge in [-0.05, 0) is 48.0 Å². The molecule has 1 aliphatic rings. The second kappa shape index (κ2) is 9.06. The molecule has 2 aromatic heterocycles. The van der Waals surface area contributed by atoms with Gasteiger partial charge in [-0.15, -0.1) is 0 Å². The fraction of sp³-hybridized carbons (Fsp3) is 0.0800. The number of rotatable bonds is 5. The first kappa shape index (κ1) is 23.5. The zero-order valence-corrected chi connectivity index (χ0v) is 20.1. The molecule has 1 unspecified atom stereocenters. The third-order valence-electron chi connectivity index (χ3n) is 5.70. The summed E-state index contributed by atoms with van der Waals surface area (Å²) in [5.41, 5.74) is 1.08. The van der Waals surface area contributed by atoms with Gasteiger partial charge in [0, 0.05) is 18.0 Å². The van der Waals surface area contributed by atoms with Gasteiger partial charge in [0.25, 0.3) is 5.78 Å². The number of amides is 1. The van der Waals surface area contributed by atoms with Crippen molar-refractivity contribution in [3.63, 3.8) is 0 Å². The van der Waals surface area contributed by atoms with E-state index >= 15 is 0 Å². The zero-order valence-electron chi connectivity index (χ0n) is 18.5. The number of carboxylic acid groups (broad SMARTS) is 1. The Bertz CT molecular complexity index is 1580. The number of ether oxygens (including phenoxy) is 1. The average molecular weight is 522 g/mol. The van der Waals surface area contributed by atoms with Crippen molar-refractivity contribution in [3.8, 4) is 5.75 Å². The molecule has 0 aliphatic carbocycles. The van der Waals surface area contributed by atoms with Crippen LogP contribution in [0.4, 0.5) is 5.13 Å². The number of thiazole rings is 1. The van der Waals surface area contributed by atoms with E-state index in [1.165, 1.54) is 48.5 Å². The summed E-state index contributed by atoms with van der Waals surface area (Å²) in [6.07, 6.45) is 3.04. The van der Waals surface area contributed by atoms with Gasteiger partial charge in [0.2, 0.25) is 0 Å². The molecule has 0 spiro atoms. The number of aliphatic hydroxyl groups is 1. The van der Waals surface area contributed by atoms with Crippen molar-refractivity contribution in [2.45, 2.75) is 6.04 Å². The minimum Gasteiger partial charge on any atom is -0.507 e. The third-order valence-corrected chi connectivity index (χ3v) is 7.01. The van der Waals surface area contributed by atoms with E-state index in [-0.39, 0.29) is 26.9 Å². The Labute approximate surface area is 212 Å². The minimum absolute atomic E-state index is 0.0694. The summed E-state index contributed by atoms with van der Waals surface area (Å²) in [6, 6.07) is 11.2. The molecule has 2 N–H and O–H groups in total. The van der Waals surface area contributed by atoms with Crippen molar-refractivity contribution in [2.75, 3.05) is 12.0 Å². The Hall–Kier alpha value is -4.28. The number of hydrogen-bond donors (Lipinski definition) is 2. The Morgan fingerprint density at radius 2 is 1.89 bits per heavy atom. The van der Waals surface area contributed by atoms with E-state index in [1.54, 1.807) is 24.4 Å². The molecule has 1 amide bonds. The lowest BCUT2D eigenvalue weighted by atomic mass is 9.96. The lowest BCUT2D eigenvalue weighted by Gasteiger charge is -2.22. The molecule has 9 nitrogen and oxygen atoms in total. The zero-order chi connectivity index (χ0) is 25.6. The third kappa shape index (κ3) is 3.86. The van der Waals surface area contributed by atoms with Crippen LogP contribution >= 0.6 is 22.9 Å². The van der Waals surface area contributed by atoms with Crippen LogP contribution in [0.2, 0.25) is 5.02 Å². The molecule has 36 heavy (non-hydrogen) atoms. The molecule has 0 bridgehead atoms. The Kier molecular flexibility index (Phi) is 5.91. The van der Waals surface area contributed by atoms with Crippen LogP contribution in [0.1, 0.15) is 27.5 Å². The maximum absolute atomic E-state index is 13.3.